The van der Waals surface area contributed by atoms with Crippen LogP contribution in [0.15, 0.2) is 36.4 Å². The first-order valence-electron chi connectivity index (χ1n) is 9.63. The molecular formula is C24H34O4. The van der Waals surface area contributed by atoms with Crippen molar-refractivity contribution < 1.29 is 20.4 Å². The zero-order valence-electron chi connectivity index (χ0n) is 18.3. The topological polar surface area (TPSA) is 80.9 Å². The van der Waals surface area contributed by atoms with Gasteiger partial charge < -0.3 is 20.4 Å². The Morgan fingerprint density at radius 3 is 1.32 bits per heavy atom. The summed E-state index contributed by atoms with van der Waals surface area (Å²) in [6, 6.07) is 11.4. The highest BCUT2D eigenvalue weighted by atomic mass is 16.3. The summed E-state index contributed by atoms with van der Waals surface area (Å²) in [7, 11) is 0. The molecule has 0 aliphatic heterocycles. The fraction of sp³-hybridized carbons (Fsp3) is 0.500. The zero-order chi connectivity index (χ0) is 21.7. The molecule has 154 valence electrons. The van der Waals surface area contributed by atoms with Crippen molar-refractivity contribution in [3.05, 3.63) is 58.7 Å². The second kappa shape index (κ2) is 6.96. The number of benzene rings is 2. The Morgan fingerprint density at radius 1 is 0.536 bits per heavy atom. The summed E-state index contributed by atoms with van der Waals surface area (Å²) in [6.45, 7) is 13.2. The Hall–Kier alpha value is -1.72. The van der Waals surface area contributed by atoms with Gasteiger partial charge in [-0.25, -0.2) is 0 Å². The summed E-state index contributed by atoms with van der Waals surface area (Å²) >= 11 is 0. The standard InChI is InChI=1S/C24H34O4/c1-21(2,25)17-14-16(15-12-10-9-11-13-15)18(22(3,4)26)20(24(7,8)28)19(17)23(5,6)27/h9-14,25-28H,1-8H3. The maximum Gasteiger partial charge on any atom is 0.0850 e. The molecule has 0 unspecified atom stereocenters. The molecule has 0 aliphatic carbocycles. The van der Waals surface area contributed by atoms with E-state index in [1.54, 1.807) is 55.4 Å². The van der Waals surface area contributed by atoms with E-state index < -0.39 is 22.4 Å². The van der Waals surface area contributed by atoms with Crippen molar-refractivity contribution in [3.63, 3.8) is 0 Å². The van der Waals surface area contributed by atoms with Crippen molar-refractivity contribution in [2.45, 2.75) is 77.8 Å². The third-order valence-electron chi connectivity index (χ3n) is 4.91. The fourth-order valence-electron chi connectivity index (χ4n) is 3.89. The van der Waals surface area contributed by atoms with Crippen LogP contribution in [0, 0.1) is 0 Å². The lowest BCUT2D eigenvalue weighted by molar-refractivity contribution is 0.0297. The van der Waals surface area contributed by atoms with E-state index >= 15 is 0 Å². The molecule has 0 amide bonds. The van der Waals surface area contributed by atoms with Crippen LogP contribution in [-0.2, 0) is 22.4 Å². The normalized spacial score (nSPS) is 13.7. The molecule has 4 heteroatoms. The van der Waals surface area contributed by atoms with E-state index in [-0.39, 0.29) is 0 Å². The second-order valence-corrected chi connectivity index (χ2v) is 9.70. The lowest BCUT2D eigenvalue weighted by Crippen LogP contribution is -2.36. The van der Waals surface area contributed by atoms with Gasteiger partial charge in [0.2, 0.25) is 0 Å². The van der Waals surface area contributed by atoms with E-state index in [4.69, 9.17) is 0 Å². The number of hydrogen-bond acceptors (Lipinski definition) is 4. The van der Waals surface area contributed by atoms with Crippen LogP contribution in [0.1, 0.15) is 77.6 Å². The molecule has 4 N–H and O–H groups in total. The molecular weight excluding hydrogens is 352 g/mol. The van der Waals surface area contributed by atoms with Crippen LogP contribution < -0.4 is 0 Å². The van der Waals surface area contributed by atoms with Gasteiger partial charge in [0.25, 0.3) is 0 Å². The van der Waals surface area contributed by atoms with Crippen LogP contribution in [0.25, 0.3) is 11.1 Å². The molecule has 28 heavy (non-hydrogen) atoms. The predicted octanol–water partition coefficient (Wildman–Crippen LogP) is 4.26. The molecule has 0 radical (unpaired) electrons. The van der Waals surface area contributed by atoms with Crippen molar-refractivity contribution in [2.24, 2.45) is 0 Å². The van der Waals surface area contributed by atoms with Gasteiger partial charge in [-0.15, -0.1) is 0 Å². The Bertz CT molecular complexity index is 840. The minimum atomic E-state index is -1.37. The molecule has 0 aromatic heterocycles. The van der Waals surface area contributed by atoms with E-state index in [1.807, 2.05) is 36.4 Å². The molecule has 0 bridgehead atoms. The van der Waals surface area contributed by atoms with Gasteiger partial charge in [-0.2, -0.15) is 0 Å². The van der Waals surface area contributed by atoms with Gasteiger partial charge in [0.1, 0.15) is 0 Å². The van der Waals surface area contributed by atoms with Gasteiger partial charge in [0.05, 0.1) is 22.4 Å². The first kappa shape index (κ1) is 22.6. The highest BCUT2D eigenvalue weighted by molar-refractivity contribution is 5.74. The molecule has 0 spiro atoms. The Kier molecular flexibility index (Phi) is 5.61. The van der Waals surface area contributed by atoms with Gasteiger partial charge in [0, 0.05) is 0 Å². The summed E-state index contributed by atoms with van der Waals surface area (Å²) in [5.74, 6) is 0. The Morgan fingerprint density at radius 2 is 0.964 bits per heavy atom. The molecule has 2 aromatic carbocycles. The van der Waals surface area contributed by atoms with Crippen LogP contribution in [0.3, 0.4) is 0 Å². The molecule has 0 atom stereocenters. The molecule has 0 heterocycles. The van der Waals surface area contributed by atoms with Crippen LogP contribution in [0.5, 0.6) is 0 Å². The van der Waals surface area contributed by atoms with E-state index in [9.17, 15) is 20.4 Å². The maximum atomic E-state index is 11.1. The van der Waals surface area contributed by atoms with Crippen molar-refractivity contribution in [1.82, 2.24) is 0 Å². The van der Waals surface area contributed by atoms with Gasteiger partial charge in [0.15, 0.2) is 0 Å². The van der Waals surface area contributed by atoms with E-state index in [0.29, 0.717) is 22.3 Å². The molecule has 4 nitrogen and oxygen atoms in total. The highest BCUT2D eigenvalue weighted by Gasteiger charge is 2.40. The lowest BCUT2D eigenvalue weighted by atomic mass is 9.71. The van der Waals surface area contributed by atoms with Crippen molar-refractivity contribution in [3.8, 4) is 11.1 Å². The highest BCUT2D eigenvalue weighted by Crippen LogP contribution is 2.47. The molecule has 2 aromatic rings. The van der Waals surface area contributed by atoms with Gasteiger partial charge in [-0.3, -0.25) is 0 Å². The minimum Gasteiger partial charge on any atom is -0.386 e. The van der Waals surface area contributed by atoms with Crippen LogP contribution in [-0.4, -0.2) is 20.4 Å². The van der Waals surface area contributed by atoms with E-state index in [1.165, 1.54) is 0 Å². The van der Waals surface area contributed by atoms with E-state index in [0.717, 1.165) is 11.1 Å². The summed E-state index contributed by atoms with van der Waals surface area (Å²) < 4.78 is 0. The van der Waals surface area contributed by atoms with Crippen LogP contribution in [0.2, 0.25) is 0 Å². The molecule has 0 aliphatic rings. The smallest absolute Gasteiger partial charge is 0.0850 e. The van der Waals surface area contributed by atoms with Crippen molar-refractivity contribution in [1.29, 1.82) is 0 Å². The predicted molar refractivity (Wildman–Crippen MR) is 113 cm³/mol. The van der Waals surface area contributed by atoms with E-state index in [2.05, 4.69) is 0 Å². The third-order valence-corrected chi connectivity index (χ3v) is 4.91. The molecule has 0 saturated heterocycles. The summed E-state index contributed by atoms with van der Waals surface area (Å²) in [5.41, 5.74) is -1.77. The average molecular weight is 387 g/mol. The zero-order valence-corrected chi connectivity index (χ0v) is 18.3. The van der Waals surface area contributed by atoms with Gasteiger partial charge in [-0.1, -0.05) is 30.3 Å². The van der Waals surface area contributed by atoms with Crippen molar-refractivity contribution in [2.75, 3.05) is 0 Å². The van der Waals surface area contributed by atoms with Crippen molar-refractivity contribution >= 4 is 0 Å². The molecule has 0 saturated carbocycles. The van der Waals surface area contributed by atoms with Gasteiger partial charge in [-0.05, 0) is 94.8 Å². The average Bonchev–Trinajstić information content (AvgIpc) is 2.50. The van der Waals surface area contributed by atoms with Crippen LogP contribution in [0.4, 0.5) is 0 Å². The maximum absolute atomic E-state index is 11.1. The number of aliphatic hydroxyl groups is 4. The summed E-state index contributed by atoms with van der Waals surface area (Å²) in [5, 5.41) is 44.2. The largest absolute Gasteiger partial charge is 0.386 e. The quantitative estimate of drug-likeness (QED) is 0.619. The monoisotopic (exact) mass is 386 g/mol. The SMILES string of the molecule is CC(C)(O)c1cc(-c2ccccc2)c(C(C)(C)O)c(C(C)(C)O)c1C(C)(C)O. The fourth-order valence-corrected chi connectivity index (χ4v) is 3.89. The first-order chi connectivity index (χ1) is 12.5. The van der Waals surface area contributed by atoms with Gasteiger partial charge >= 0.3 is 0 Å². The molecule has 2 rings (SSSR count). The summed E-state index contributed by atoms with van der Waals surface area (Å²) in [4.78, 5) is 0. The summed E-state index contributed by atoms with van der Waals surface area (Å²) in [6.07, 6.45) is 0. The number of rotatable bonds is 5. The third kappa shape index (κ3) is 4.47. The number of hydrogen-bond donors (Lipinski definition) is 4. The van der Waals surface area contributed by atoms with Crippen LogP contribution >= 0.6 is 0 Å². The Labute approximate surface area is 168 Å². The minimum absolute atomic E-state index is 0.435. The Balaban J connectivity index is 3.21. The lowest BCUT2D eigenvalue weighted by Gasteiger charge is -2.39. The first-order valence-corrected chi connectivity index (χ1v) is 9.63. The molecule has 0 fully saturated rings. The second-order valence-electron chi connectivity index (χ2n) is 9.70.